The van der Waals surface area contributed by atoms with Crippen LogP contribution in [0, 0.1) is 0 Å². The summed E-state index contributed by atoms with van der Waals surface area (Å²) in [6.45, 7) is 4.21. The van der Waals surface area contributed by atoms with Crippen LogP contribution in [0.4, 0.5) is 20.3 Å². The molecule has 3 aromatic heterocycles. The maximum absolute atomic E-state index is 13.9. The van der Waals surface area contributed by atoms with E-state index in [0.29, 0.717) is 54.6 Å². The average Bonchev–Trinajstić information content (AvgIpc) is 3.53. The molecule has 0 bridgehead atoms. The number of pyridine rings is 1. The Balaban J connectivity index is 1.17. The summed E-state index contributed by atoms with van der Waals surface area (Å²) in [5.41, 5.74) is 1.77. The van der Waals surface area contributed by atoms with Crippen molar-refractivity contribution in [1.82, 2.24) is 15.0 Å². The fourth-order valence-electron chi connectivity index (χ4n) is 6.08. The van der Waals surface area contributed by atoms with Gasteiger partial charge in [-0.15, -0.1) is 11.3 Å². The monoisotopic (exact) mass is 633 g/mol. The lowest BCUT2D eigenvalue weighted by Crippen LogP contribution is -2.68. The van der Waals surface area contributed by atoms with Gasteiger partial charge in [-0.05, 0) is 48.8 Å². The maximum Gasteiger partial charge on any atom is 0.326 e. The van der Waals surface area contributed by atoms with E-state index in [2.05, 4.69) is 26.8 Å². The molecule has 1 spiro atoms. The minimum atomic E-state index is -2.92. The van der Waals surface area contributed by atoms with Crippen molar-refractivity contribution in [3.63, 3.8) is 0 Å². The number of carboxylic acid groups (broad SMARTS) is 1. The Hall–Kier alpha value is -3.13. The molecule has 1 aliphatic carbocycles. The fourth-order valence-corrected chi connectivity index (χ4v) is 7.19. The average molecular weight is 634 g/mol. The number of halogens is 3. The van der Waals surface area contributed by atoms with Crippen LogP contribution in [0.3, 0.4) is 0 Å². The largest absolute Gasteiger partial charge is 0.480 e. The molecule has 0 aromatic carbocycles. The second-order valence-corrected chi connectivity index (χ2v) is 12.9. The van der Waals surface area contributed by atoms with E-state index < -0.39 is 36.0 Å². The predicted molar refractivity (Wildman–Crippen MR) is 156 cm³/mol. The van der Waals surface area contributed by atoms with E-state index in [4.69, 9.17) is 25.8 Å². The molecule has 14 heteroatoms. The van der Waals surface area contributed by atoms with Gasteiger partial charge in [-0.1, -0.05) is 11.6 Å². The van der Waals surface area contributed by atoms with E-state index in [9.17, 15) is 18.7 Å². The number of rotatable bonds is 8. The van der Waals surface area contributed by atoms with Crippen molar-refractivity contribution < 1.29 is 32.9 Å². The maximum atomic E-state index is 13.9. The zero-order valence-electron chi connectivity index (χ0n) is 23.3. The Labute approximate surface area is 255 Å². The lowest BCUT2D eigenvalue weighted by Gasteiger charge is -2.53. The highest BCUT2D eigenvalue weighted by molar-refractivity contribution is 7.13. The van der Waals surface area contributed by atoms with E-state index in [1.165, 1.54) is 28.0 Å². The van der Waals surface area contributed by atoms with Crippen LogP contribution in [0.15, 0.2) is 29.8 Å². The van der Waals surface area contributed by atoms with Gasteiger partial charge in [0.1, 0.15) is 29.3 Å². The first-order chi connectivity index (χ1) is 20.7. The number of aromatic nitrogens is 3. The van der Waals surface area contributed by atoms with Gasteiger partial charge in [-0.2, -0.15) is 0 Å². The number of aliphatic carboxylic acids is 1. The minimum Gasteiger partial charge on any atom is -0.480 e. The normalized spacial score (nSPS) is 24.9. The molecule has 0 amide bonds. The molecule has 0 radical (unpaired) electrons. The summed E-state index contributed by atoms with van der Waals surface area (Å²) in [6, 6.07) is 4.26. The molecule has 3 aromatic rings. The third kappa shape index (κ3) is 5.41. The summed E-state index contributed by atoms with van der Waals surface area (Å²) in [6.07, 6.45) is 0.295. The van der Waals surface area contributed by atoms with Crippen molar-refractivity contribution >= 4 is 40.4 Å². The number of morpholine rings is 1. The van der Waals surface area contributed by atoms with Gasteiger partial charge in [0.25, 0.3) is 6.43 Å². The second kappa shape index (κ2) is 11.1. The van der Waals surface area contributed by atoms with Gasteiger partial charge in [0.15, 0.2) is 5.82 Å². The summed E-state index contributed by atoms with van der Waals surface area (Å²) in [5, 5.41) is 12.6. The van der Waals surface area contributed by atoms with Crippen LogP contribution in [0.2, 0.25) is 5.02 Å². The quantitative estimate of drug-likeness (QED) is 0.357. The smallest absolute Gasteiger partial charge is 0.326 e. The van der Waals surface area contributed by atoms with Gasteiger partial charge >= 0.3 is 5.97 Å². The van der Waals surface area contributed by atoms with Gasteiger partial charge < -0.3 is 29.1 Å². The molecule has 1 N–H and O–H groups in total. The van der Waals surface area contributed by atoms with Crippen LogP contribution in [-0.4, -0.2) is 82.7 Å². The highest BCUT2D eigenvalue weighted by Crippen LogP contribution is 2.44. The number of carboxylic acids is 1. The van der Waals surface area contributed by atoms with Crippen molar-refractivity contribution in [2.75, 3.05) is 42.7 Å². The first-order valence-electron chi connectivity index (χ1n) is 14.3. The van der Waals surface area contributed by atoms with E-state index in [1.807, 2.05) is 11.4 Å². The Bertz CT molecular complexity index is 1540. The number of hydrogen-bond acceptors (Lipinski definition) is 10. The molecule has 10 nitrogen and oxygen atoms in total. The van der Waals surface area contributed by atoms with Crippen LogP contribution < -0.4 is 14.5 Å². The number of hydrogen-bond donors (Lipinski definition) is 1. The first-order valence-corrected chi connectivity index (χ1v) is 15.5. The molecule has 43 heavy (non-hydrogen) atoms. The molecule has 1 saturated carbocycles. The molecule has 4 fully saturated rings. The Kier molecular flexibility index (Phi) is 7.39. The van der Waals surface area contributed by atoms with E-state index >= 15 is 0 Å². The molecular formula is C29H30ClF2N5O5S. The van der Waals surface area contributed by atoms with E-state index in [1.54, 1.807) is 12.1 Å². The standard InChI is InChI=1S/C29H30ClF2N5O5S/c1-15-29(13-40-14-29)41-5-4-36(15)21-7-18(30)10-33-27(21)42-19-8-22(28(38)39)37(11-19)24-9-20(34-26(35-24)25(31)32)23-6-17(12-43-23)16-2-3-16/h6-7,9-10,12,15-16,19,22,25H,2-5,8,11,13-14H2,1H3,(H,38,39)/t15-,19-,22-/m0/s1. The fraction of sp³-hybridized carbons (Fsp3) is 0.517. The molecule has 6 heterocycles. The van der Waals surface area contributed by atoms with E-state index in [0.717, 1.165) is 17.7 Å². The third-order valence-electron chi connectivity index (χ3n) is 8.72. The van der Waals surface area contributed by atoms with Gasteiger partial charge in [0.2, 0.25) is 5.88 Å². The lowest BCUT2D eigenvalue weighted by atomic mass is 9.90. The summed E-state index contributed by atoms with van der Waals surface area (Å²) < 4.78 is 45.8. The second-order valence-electron chi connectivity index (χ2n) is 11.5. The molecule has 3 saturated heterocycles. The number of ether oxygens (including phenoxy) is 3. The Morgan fingerprint density at radius 3 is 2.74 bits per heavy atom. The van der Waals surface area contributed by atoms with Crippen molar-refractivity contribution in [3.05, 3.63) is 46.2 Å². The molecule has 3 aliphatic heterocycles. The number of anilines is 2. The zero-order valence-corrected chi connectivity index (χ0v) is 24.9. The number of nitrogens with zero attached hydrogens (tertiary/aromatic N) is 5. The highest BCUT2D eigenvalue weighted by Gasteiger charge is 2.50. The van der Waals surface area contributed by atoms with Crippen LogP contribution in [-0.2, 0) is 14.3 Å². The molecular weight excluding hydrogens is 604 g/mol. The number of alkyl halides is 2. The minimum absolute atomic E-state index is 0.0469. The Morgan fingerprint density at radius 1 is 1.23 bits per heavy atom. The zero-order chi connectivity index (χ0) is 29.9. The third-order valence-corrected chi connectivity index (χ3v) is 9.90. The SMILES string of the molecule is C[C@@H]1N(c2cc(Cl)cnc2O[C@H]2C[C@@H](C(=O)O)N(c3cc(-c4cc(C5CC5)cs4)nc(C(F)F)n3)C2)CCOC12COC2. The summed E-state index contributed by atoms with van der Waals surface area (Å²) in [4.78, 5) is 29.5. The number of thiophene rings is 1. The predicted octanol–water partition coefficient (Wildman–Crippen LogP) is 5.17. The molecule has 228 valence electrons. The Morgan fingerprint density at radius 2 is 2.05 bits per heavy atom. The highest BCUT2D eigenvalue weighted by atomic mass is 35.5. The van der Waals surface area contributed by atoms with Gasteiger partial charge in [0, 0.05) is 25.2 Å². The van der Waals surface area contributed by atoms with Crippen molar-refractivity contribution in [1.29, 1.82) is 0 Å². The molecule has 7 rings (SSSR count). The van der Waals surface area contributed by atoms with Crippen LogP contribution >= 0.6 is 22.9 Å². The van der Waals surface area contributed by atoms with Crippen molar-refractivity contribution in [2.45, 2.75) is 62.3 Å². The summed E-state index contributed by atoms with van der Waals surface area (Å²) in [7, 11) is 0. The lowest BCUT2D eigenvalue weighted by molar-refractivity contribution is -0.228. The summed E-state index contributed by atoms with van der Waals surface area (Å²) in [5.74, 6) is -0.798. The van der Waals surface area contributed by atoms with Crippen LogP contribution in [0.25, 0.3) is 10.6 Å². The molecule has 4 aliphatic rings. The summed E-state index contributed by atoms with van der Waals surface area (Å²) >= 11 is 7.79. The van der Waals surface area contributed by atoms with Crippen molar-refractivity contribution in [3.8, 4) is 16.5 Å². The van der Waals surface area contributed by atoms with Gasteiger partial charge in [0.05, 0.1) is 48.0 Å². The molecule has 0 unspecified atom stereocenters. The number of carbonyl (C=O) groups is 1. The van der Waals surface area contributed by atoms with Crippen LogP contribution in [0.5, 0.6) is 5.88 Å². The van der Waals surface area contributed by atoms with Crippen molar-refractivity contribution in [2.24, 2.45) is 0 Å². The van der Waals surface area contributed by atoms with Crippen LogP contribution in [0.1, 0.15) is 49.9 Å². The first kappa shape index (κ1) is 28.6. The molecule has 3 atom stereocenters. The van der Waals surface area contributed by atoms with Gasteiger partial charge in [-0.25, -0.2) is 28.5 Å². The topological polar surface area (TPSA) is 110 Å². The van der Waals surface area contributed by atoms with Gasteiger partial charge in [-0.3, -0.25) is 0 Å². The van der Waals surface area contributed by atoms with E-state index in [-0.39, 0.29) is 24.8 Å².